The topological polar surface area (TPSA) is 33.3 Å². The van der Waals surface area contributed by atoms with Crippen LogP contribution in [0.1, 0.15) is 24.0 Å². The summed E-state index contributed by atoms with van der Waals surface area (Å²) in [5.41, 5.74) is 1.65. The van der Waals surface area contributed by atoms with E-state index in [1.165, 1.54) is 18.9 Å². The van der Waals surface area contributed by atoms with Crippen LogP contribution in [0.15, 0.2) is 46.9 Å². The molecule has 1 aliphatic rings. The first-order valence-electron chi connectivity index (χ1n) is 8.78. The fraction of sp³-hybridized carbons (Fsp3) is 0.400. The van der Waals surface area contributed by atoms with E-state index in [0.29, 0.717) is 5.56 Å². The first-order chi connectivity index (χ1) is 12.2. The Morgan fingerprint density at radius 2 is 1.92 bits per heavy atom. The zero-order valence-electron chi connectivity index (χ0n) is 14.2. The van der Waals surface area contributed by atoms with Gasteiger partial charge < -0.3 is 15.4 Å². The molecule has 2 aromatic rings. The molecule has 1 heterocycles. The first-order valence-corrected chi connectivity index (χ1v) is 9.58. The van der Waals surface area contributed by atoms with Crippen LogP contribution in [-0.2, 0) is 13.2 Å². The van der Waals surface area contributed by atoms with E-state index in [4.69, 9.17) is 4.74 Å². The van der Waals surface area contributed by atoms with Crippen LogP contribution in [0, 0.1) is 11.7 Å². The van der Waals surface area contributed by atoms with Gasteiger partial charge in [0.2, 0.25) is 0 Å². The highest BCUT2D eigenvalue weighted by atomic mass is 79.9. The van der Waals surface area contributed by atoms with E-state index in [2.05, 4.69) is 32.6 Å². The van der Waals surface area contributed by atoms with Crippen LogP contribution in [0.5, 0.6) is 5.75 Å². The van der Waals surface area contributed by atoms with E-state index >= 15 is 0 Å². The van der Waals surface area contributed by atoms with Crippen LogP contribution in [0.4, 0.5) is 4.39 Å². The molecule has 0 aliphatic carbocycles. The van der Waals surface area contributed by atoms with E-state index in [1.807, 2.05) is 18.2 Å². The summed E-state index contributed by atoms with van der Waals surface area (Å²) in [5.74, 6) is 1.30. The minimum absolute atomic E-state index is 0.231. The maximum absolute atomic E-state index is 13.8. The molecule has 1 saturated heterocycles. The lowest BCUT2D eigenvalue weighted by Gasteiger charge is -2.23. The van der Waals surface area contributed by atoms with Crippen LogP contribution in [0.25, 0.3) is 0 Å². The van der Waals surface area contributed by atoms with Crippen molar-refractivity contribution in [1.82, 2.24) is 10.6 Å². The molecule has 2 N–H and O–H groups in total. The molecule has 0 radical (unpaired) electrons. The molecule has 0 spiro atoms. The van der Waals surface area contributed by atoms with Crippen molar-refractivity contribution in [3.8, 4) is 5.75 Å². The Kier molecular flexibility index (Phi) is 6.84. The SMILES string of the molecule is Fc1ccccc1COc1ccc(Br)cc1CNCC1CCNCC1. The van der Waals surface area contributed by atoms with Crippen LogP contribution in [0.3, 0.4) is 0 Å². The van der Waals surface area contributed by atoms with Gasteiger partial charge in [0.15, 0.2) is 0 Å². The Balaban J connectivity index is 1.58. The molecule has 0 aromatic heterocycles. The van der Waals surface area contributed by atoms with E-state index in [-0.39, 0.29) is 12.4 Å². The Morgan fingerprint density at radius 3 is 2.72 bits per heavy atom. The van der Waals surface area contributed by atoms with Crippen molar-refractivity contribution in [3.63, 3.8) is 0 Å². The molecular weight excluding hydrogens is 383 g/mol. The van der Waals surface area contributed by atoms with Crippen molar-refractivity contribution in [2.75, 3.05) is 19.6 Å². The number of hydrogen-bond donors (Lipinski definition) is 2. The Morgan fingerprint density at radius 1 is 1.12 bits per heavy atom. The Labute approximate surface area is 157 Å². The molecular formula is C20H24BrFN2O. The normalized spacial score (nSPS) is 15.3. The van der Waals surface area contributed by atoms with Crippen molar-refractivity contribution in [2.24, 2.45) is 5.92 Å². The number of hydrogen-bond acceptors (Lipinski definition) is 3. The smallest absolute Gasteiger partial charge is 0.129 e. The highest BCUT2D eigenvalue weighted by Gasteiger charge is 2.13. The summed E-state index contributed by atoms with van der Waals surface area (Å²) in [4.78, 5) is 0. The second-order valence-electron chi connectivity index (χ2n) is 6.46. The predicted octanol–water partition coefficient (Wildman–Crippen LogP) is 4.26. The molecule has 2 aromatic carbocycles. The molecule has 0 atom stereocenters. The first kappa shape index (κ1) is 18.4. The summed E-state index contributed by atoms with van der Waals surface area (Å²) in [6.07, 6.45) is 2.45. The van der Waals surface area contributed by atoms with Crippen LogP contribution >= 0.6 is 15.9 Å². The van der Waals surface area contributed by atoms with Crippen molar-refractivity contribution < 1.29 is 9.13 Å². The predicted molar refractivity (Wildman–Crippen MR) is 102 cm³/mol. The number of benzene rings is 2. The summed E-state index contributed by atoms with van der Waals surface area (Å²) >= 11 is 3.52. The van der Waals surface area contributed by atoms with Crippen molar-refractivity contribution >= 4 is 15.9 Å². The van der Waals surface area contributed by atoms with Gasteiger partial charge in [0.05, 0.1) is 0 Å². The zero-order chi connectivity index (χ0) is 17.5. The van der Waals surface area contributed by atoms with Gasteiger partial charge in [-0.05, 0) is 62.7 Å². The third kappa shape index (κ3) is 5.53. The molecule has 5 heteroatoms. The summed E-state index contributed by atoms with van der Waals surface area (Å²) < 4.78 is 20.7. The standard InChI is InChI=1S/C20H24BrFN2O/c21-18-5-6-20(25-14-16-3-1-2-4-19(16)22)17(11-18)13-24-12-15-7-9-23-10-8-15/h1-6,11,15,23-24H,7-10,12-14H2. The zero-order valence-corrected chi connectivity index (χ0v) is 15.8. The number of ether oxygens (including phenoxy) is 1. The second-order valence-corrected chi connectivity index (χ2v) is 7.37. The summed E-state index contributed by atoms with van der Waals surface area (Å²) in [6, 6.07) is 12.7. The largest absolute Gasteiger partial charge is 0.488 e. The Hall–Kier alpha value is -1.43. The second kappa shape index (κ2) is 9.32. The van der Waals surface area contributed by atoms with Gasteiger partial charge in [-0.1, -0.05) is 34.1 Å². The molecule has 25 heavy (non-hydrogen) atoms. The van der Waals surface area contributed by atoms with E-state index < -0.39 is 0 Å². The third-order valence-corrected chi connectivity index (χ3v) is 5.06. The van der Waals surface area contributed by atoms with Gasteiger partial charge in [0.25, 0.3) is 0 Å². The number of piperidine rings is 1. The molecule has 0 bridgehead atoms. The van der Waals surface area contributed by atoms with Gasteiger partial charge in [-0.2, -0.15) is 0 Å². The van der Waals surface area contributed by atoms with Gasteiger partial charge >= 0.3 is 0 Å². The lowest BCUT2D eigenvalue weighted by Crippen LogP contribution is -2.33. The summed E-state index contributed by atoms with van der Waals surface area (Å²) in [5, 5.41) is 6.94. The number of halogens is 2. The molecule has 0 unspecified atom stereocenters. The molecule has 3 nitrogen and oxygen atoms in total. The average Bonchev–Trinajstić information content (AvgIpc) is 2.63. The van der Waals surface area contributed by atoms with Crippen molar-refractivity contribution in [3.05, 3.63) is 63.9 Å². The number of nitrogens with one attached hydrogen (secondary N) is 2. The van der Waals surface area contributed by atoms with Crippen LogP contribution in [0.2, 0.25) is 0 Å². The molecule has 1 aliphatic heterocycles. The van der Waals surface area contributed by atoms with Gasteiger partial charge in [0.1, 0.15) is 18.2 Å². The average molecular weight is 407 g/mol. The quantitative estimate of drug-likeness (QED) is 0.720. The highest BCUT2D eigenvalue weighted by Crippen LogP contribution is 2.24. The maximum atomic E-state index is 13.8. The van der Waals surface area contributed by atoms with Gasteiger partial charge in [-0.3, -0.25) is 0 Å². The molecule has 1 fully saturated rings. The molecule has 0 amide bonds. The van der Waals surface area contributed by atoms with E-state index in [1.54, 1.807) is 12.1 Å². The highest BCUT2D eigenvalue weighted by molar-refractivity contribution is 9.10. The summed E-state index contributed by atoms with van der Waals surface area (Å²) in [6.45, 7) is 4.22. The molecule has 0 saturated carbocycles. The lowest BCUT2D eigenvalue weighted by molar-refractivity contribution is 0.295. The maximum Gasteiger partial charge on any atom is 0.129 e. The number of rotatable bonds is 7. The van der Waals surface area contributed by atoms with Crippen molar-refractivity contribution in [1.29, 1.82) is 0 Å². The van der Waals surface area contributed by atoms with E-state index in [9.17, 15) is 4.39 Å². The van der Waals surface area contributed by atoms with Gasteiger partial charge in [0, 0.05) is 22.1 Å². The lowest BCUT2D eigenvalue weighted by atomic mass is 9.98. The fourth-order valence-corrected chi connectivity index (χ4v) is 3.50. The summed E-state index contributed by atoms with van der Waals surface area (Å²) in [7, 11) is 0. The monoisotopic (exact) mass is 406 g/mol. The minimum atomic E-state index is -0.231. The molecule has 134 valence electrons. The molecule has 3 rings (SSSR count). The van der Waals surface area contributed by atoms with Crippen molar-refractivity contribution in [2.45, 2.75) is 26.0 Å². The fourth-order valence-electron chi connectivity index (χ4n) is 3.09. The Bertz CT molecular complexity index is 689. The van der Waals surface area contributed by atoms with E-state index in [0.717, 1.165) is 47.9 Å². The third-order valence-electron chi connectivity index (χ3n) is 4.57. The van der Waals surface area contributed by atoms with Crippen LogP contribution < -0.4 is 15.4 Å². The van der Waals surface area contributed by atoms with Crippen LogP contribution in [-0.4, -0.2) is 19.6 Å². The van der Waals surface area contributed by atoms with Gasteiger partial charge in [-0.15, -0.1) is 0 Å². The van der Waals surface area contributed by atoms with Gasteiger partial charge in [-0.25, -0.2) is 4.39 Å². The minimum Gasteiger partial charge on any atom is -0.488 e.